The largest absolute Gasteiger partial charge is 0.479 e. The lowest BCUT2D eigenvalue weighted by molar-refractivity contribution is 0.0937. The quantitative estimate of drug-likeness (QED) is 0.908. The number of aryl methyl sites for hydroxylation is 1. The van der Waals surface area contributed by atoms with Gasteiger partial charge in [-0.1, -0.05) is 0 Å². The van der Waals surface area contributed by atoms with Crippen molar-refractivity contribution in [1.82, 2.24) is 20.1 Å². The Kier molecular flexibility index (Phi) is 3.78. The zero-order valence-corrected chi connectivity index (χ0v) is 12.8. The van der Waals surface area contributed by atoms with Gasteiger partial charge >= 0.3 is 0 Å². The summed E-state index contributed by atoms with van der Waals surface area (Å²) in [6.07, 6.45) is 4.38. The van der Waals surface area contributed by atoms with E-state index in [1.165, 1.54) is 7.11 Å². The maximum Gasteiger partial charge on any atom is 0.258 e. The van der Waals surface area contributed by atoms with Gasteiger partial charge in [-0.25, -0.2) is 4.98 Å². The molecule has 112 valence electrons. The number of hydrogen-bond donors (Lipinski definition) is 1. The molecule has 2 aromatic rings. The molecule has 3 heterocycles. The van der Waals surface area contributed by atoms with E-state index in [0.29, 0.717) is 11.4 Å². The van der Waals surface area contributed by atoms with E-state index in [-0.39, 0.29) is 11.9 Å². The number of hydrogen-bond acceptors (Lipinski definition) is 6. The third-order valence-electron chi connectivity index (χ3n) is 3.45. The fraction of sp³-hybridized carbons (Fsp3) is 0.462. The number of anilines is 1. The van der Waals surface area contributed by atoms with E-state index in [2.05, 4.69) is 20.3 Å². The Hall–Kier alpha value is -2.09. The molecule has 21 heavy (non-hydrogen) atoms. The van der Waals surface area contributed by atoms with Crippen LogP contribution >= 0.6 is 11.3 Å². The molecule has 8 heteroatoms. The van der Waals surface area contributed by atoms with E-state index in [0.717, 1.165) is 24.6 Å². The SMILES string of the molecule is COc1nn(C)cc1C(=O)NC1CCN(c2nccs2)C1. The van der Waals surface area contributed by atoms with Crippen molar-refractivity contribution < 1.29 is 9.53 Å². The van der Waals surface area contributed by atoms with Crippen molar-refractivity contribution >= 4 is 22.4 Å². The maximum absolute atomic E-state index is 12.3. The monoisotopic (exact) mass is 307 g/mol. The van der Waals surface area contributed by atoms with Crippen molar-refractivity contribution in [3.8, 4) is 5.88 Å². The highest BCUT2D eigenvalue weighted by Gasteiger charge is 2.27. The summed E-state index contributed by atoms with van der Waals surface area (Å²) in [5.41, 5.74) is 0.465. The number of nitrogens with one attached hydrogen (secondary N) is 1. The summed E-state index contributed by atoms with van der Waals surface area (Å²) in [7, 11) is 3.28. The molecule has 7 nitrogen and oxygen atoms in total. The number of nitrogens with zero attached hydrogens (tertiary/aromatic N) is 4. The maximum atomic E-state index is 12.3. The first-order valence-corrected chi connectivity index (χ1v) is 7.58. The first kappa shape index (κ1) is 13.9. The molecule has 1 N–H and O–H groups in total. The molecule has 0 aliphatic carbocycles. The van der Waals surface area contributed by atoms with Crippen molar-refractivity contribution in [1.29, 1.82) is 0 Å². The minimum absolute atomic E-state index is 0.117. The summed E-state index contributed by atoms with van der Waals surface area (Å²) in [5, 5.41) is 10.1. The Balaban J connectivity index is 1.63. The van der Waals surface area contributed by atoms with Gasteiger partial charge in [-0.2, -0.15) is 0 Å². The number of carbonyl (C=O) groups is 1. The van der Waals surface area contributed by atoms with Gasteiger partial charge in [0.25, 0.3) is 5.91 Å². The molecule has 2 aromatic heterocycles. The zero-order valence-electron chi connectivity index (χ0n) is 11.9. The van der Waals surface area contributed by atoms with Crippen LogP contribution in [0.1, 0.15) is 16.8 Å². The van der Waals surface area contributed by atoms with E-state index in [1.807, 2.05) is 5.38 Å². The number of aromatic nitrogens is 3. The van der Waals surface area contributed by atoms with E-state index in [1.54, 1.807) is 35.5 Å². The predicted octanol–water partition coefficient (Wildman–Crippen LogP) is 0.894. The first-order valence-electron chi connectivity index (χ1n) is 6.70. The lowest BCUT2D eigenvalue weighted by Crippen LogP contribution is -2.37. The number of carbonyl (C=O) groups excluding carboxylic acids is 1. The van der Waals surface area contributed by atoms with Crippen LogP contribution in [0.4, 0.5) is 5.13 Å². The molecule has 3 rings (SSSR count). The molecule has 0 bridgehead atoms. The highest BCUT2D eigenvalue weighted by atomic mass is 32.1. The smallest absolute Gasteiger partial charge is 0.258 e. The topological polar surface area (TPSA) is 72.3 Å². The summed E-state index contributed by atoms with van der Waals surface area (Å²) in [6.45, 7) is 1.68. The van der Waals surface area contributed by atoms with Crippen molar-refractivity contribution in [2.24, 2.45) is 7.05 Å². The lowest BCUT2D eigenvalue weighted by Gasteiger charge is -2.15. The van der Waals surface area contributed by atoms with Crippen LogP contribution in [-0.2, 0) is 7.05 Å². The fourth-order valence-corrected chi connectivity index (χ4v) is 3.14. The van der Waals surface area contributed by atoms with Crippen LogP contribution in [0, 0.1) is 0 Å². The van der Waals surface area contributed by atoms with Crippen molar-refractivity contribution in [2.45, 2.75) is 12.5 Å². The van der Waals surface area contributed by atoms with E-state index < -0.39 is 0 Å². The van der Waals surface area contributed by atoms with Crippen LogP contribution in [0.25, 0.3) is 0 Å². The van der Waals surface area contributed by atoms with E-state index >= 15 is 0 Å². The van der Waals surface area contributed by atoms with Crippen molar-refractivity contribution in [3.05, 3.63) is 23.3 Å². The third-order valence-corrected chi connectivity index (χ3v) is 4.28. The molecule has 1 aliphatic heterocycles. The molecular formula is C13H17N5O2S. The number of rotatable bonds is 4. The predicted molar refractivity (Wildman–Crippen MR) is 80.0 cm³/mol. The first-order chi connectivity index (χ1) is 10.2. The van der Waals surface area contributed by atoms with Crippen LogP contribution < -0.4 is 15.0 Å². The second-order valence-electron chi connectivity index (χ2n) is 4.95. The number of thiazole rings is 1. The molecule has 1 saturated heterocycles. The van der Waals surface area contributed by atoms with Gasteiger partial charge in [0.2, 0.25) is 5.88 Å². The minimum atomic E-state index is -0.147. The second kappa shape index (κ2) is 5.72. The minimum Gasteiger partial charge on any atom is -0.479 e. The molecule has 0 saturated carbocycles. The van der Waals surface area contributed by atoms with Gasteiger partial charge in [-0.05, 0) is 6.42 Å². The van der Waals surface area contributed by atoms with Crippen LogP contribution in [0.3, 0.4) is 0 Å². The third kappa shape index (κ3) is 2.85. The summed E-state index contributed by atoms with van der Waals surface area (Å²) in [6, 6.07) is 0.117. The molecule has 1 aliphatic rings. The molecule has 0 spiro atoms. The van der Waals surface area contributed by atoms with Gasteiger partial charge in [0.05, 0.1) is 7.11 Å². The molecule has 1 atom stereocenters. The van der Waals surface area contributed by atoms with E-state index in [9.17, 15) is 4.79 Å². The highest BCUT2D eigenvalue weighted by Crippen LogP contribution is 2.23. The number of methoxy groups -OCH3 is 1. The molecule has 1 amide bonds. The van der Waals surface area contributed by atoms with Crippen LogP contribution in [0.5, 0.6) is 5.88 Å². The van der Waals surface area contributed by atoms with Gasteiger partial charge in [0.1, 0.15) is 5.56 Å². The van der Waals surface area contributed by atoms with Gasteiger partial charge in [-0.15, -0.1) is 16.4 Å². The van der Waals surface area contributed by atoms with Crippen LogP contribution in [0.15, 0.2) is 17.8 Å². The van der Waals surface area contributed by atoms with Gasteiger partial charge in [0, 0.05) is 44.0 Å². The standard InChI is InChI=1S/C13H17N5O2S/c1-17-8-10(12(16-17)20-2)11(19)15-9-3-5-18(7-9)13-14-4-6-21-13/h4,6,8-9H,3,5,7H2,1-2H3,(H,15,19). The Morgan fingerprint density at radius 1 is 1.57 bits per heavy atom. The fourth-order valence-electron chi connectivity index (χ4n) is 2.46. The van der Waals surface area contributed by atoms with Crippen molar-refractivity contribution in [2.75, 3.05) is 25.1 Å². The second-order valence-corrected chi connectivity index (χ2v) is 5.82. The molecule has 1 unspecified atom stereocenters. The summed E-state index contributed by atoms with van der Waals surface area (Å²) in [5.74, 6) is 0.204. The Morgan fingerprint density at radius 2 is 2.43 bits per heavy atom. The highest BCUT2D eigenvalue weighted by molar-refractivity contribution is 7.13. The molecular weight excluding hydrogens is 290 g/mol. The molecule has 1 fully saturated rings. The average Bonchev–Trinajstić information content (AvgIpc) is 3.16. The lowest BCUT2D eigenvalue weighted by atomic mass is 10.2. The molecule has 0 radical (unpaired) electrons. The van der Waals surface area contributed by atoms with Crippen LogP contribution in [-0.4, -0.2) is 46.9 Å². The van der Waals surface area contributed by atoms with Crippen molar-refractivity contribution in [3.63, 3.8) is 0 Å². The zero-order chi connectivity index (χ0) is 14.8. The number of amides is 1. The Bertz CT molecular complexity index is 625. The average molecular weight is 307 g/mol. The normalized spacial score (nSPS) is 18.0. The Labute approximate surface area is 126 Å². The summed E-state index contributed by atoms with van der Waals surface area (Å²) >= 11 is 1.62. The van der Waals surface area contributed by atoms with Gasteiger partial charge < -0.3 is 15.0 Å². The molecule has 0 aromatic carbocycles. The summed E-state index contributed by atoms with van der Waals surface area (Å²) in [4.78, 5) is 18.8. The van der Waals surface area contributed by atoms with E-state index in [4.69, 9.17) is 4.74 Å². The van der Waals surface area contributed by atoms with Gasteiger partial charge in [-0.3, -0.25) is 9.48 Å². The van der Waals surface area contributed by atoms with Gasteiger partial charge in [0.15, 0.2) is 5.13 Å². The summed E-state index contributed by atoms with van der Waals surface area (Å²) < 4.78 is 6.69. The van der Waals surface area contributed by atoms with Crippen LogP contribution in [0.2, 0.25) is 0 Å². The Morgan fingerprint density at radius 3 is 3.14 bits per heavy atom. The number of ether oxygens (including phenoxy) is 1.